The van der Waals surface area contributed by atoms with Crippen LogP contribution in [0.1, 0.15) is 47.6 Å². The monoisotopic (exact) mass is 368 g/mol. The number of hydrogen-bond acceptors (Lipinski definition) is 5. The zero-order chi connectivity index (χ0) is 15.0. The number of fused-ring (bicyclic) bond motifs is 1. The first kappa shape index (κ1) is 14.9. The molecular formula is C15H17BrN2O2S. The number of aliphatic hydroxyl groups excluding tert-OH is 1. The molecule has 0 amide bonds. The molecule has 0 fully saturated rings. The highest BCUT2D eigenvalue weighted by molar-refractivity contribution is 9.10. The maximum Gasteiger partial charge on any atom is 0.125 e. The Morgan fingerprint density at radius 3 is 3.00 bits per heavy atom. The topological polar surface area (TPSA) is 55.2 Å². The standard InChI is InChI=1S/C15H17BrN2O2S/c1-8(2)13-15(21-18-17-13)12(19)7-10-6-11(16)5-9-3-4-20-14(9)10/h5-6,8,12,19H,3-4,7H2,1-2H3. The maximum atomic E-state index is 10.6. The van der Waals surface area contributed by atoms with Gasteiger partial charge in [-0.3, -0.25) is 0 Å². The van der Waals surface area contributed by atoms with Crippen LogP contribution in [-0.4, -0.2) is 21.3 Å². The van der Waals surface area contributed by atoms with Crippen LogP contribution in [0.3, 0.4) is 0 Å². The summed E-state index contributed by atoms with van der Waals surface area (Å²) in [7, 11) is 0. The zero-order valence-electron chi connectivity index (χ0n) is 12.0. The lowest BCUT2D eigenvalue weighted by atomic mass is 10.00. The number of nitrogens with zero attached hydrogens (tertiary/aromatic N) is 2. The molecule has 4 nitrogen and oxygen atoms in total. The van der Waals surface area contributed by atoms with Crippen LogP contribution in [-0.2, 0) is 12.8 Å². The first-order valence-electron chi connectivity index (χ1n) is 7.00. The van der Waals surface area contributed by atoms with Crippen molar-refractivity contribution < 1.29 is 9.84 Å². The van der Waals surface area contributed by atoms with Crippen LogP contribution in [0, 0.1) is 0 Å². The fraction of sp³-hybridized carbons (Fsp3) is 0.467. The molecule has 2 heterocycles. The highest BCUT2D eigenvalue weighted by Gasteiger charge is 2.23. The minimum atomic E-state index is -0.593. The molecule has 1 N–H and O–H groups in total. The van der Waals surface area contributed by atoms with Gasteiger partial charge in [0.05, 0.1) is 23.3 Å². The predicted molar refractivity (Wildman–Crippen MR) is 86.0 cm³/mol. The minimum Gasteiger partial charge on any atom is -0.493 e. The Balaban J connectivity index is 1.88. The van der Waals surface area contributed by atoms with Gasteiger partial charge in [0.2, 0.25) is 0 Å². The van der Waals surface area contributed by atoms with Crippen LogP contribution in [0.4, 0.5) is 0 Å². The number of aliphatic hydroxyl groups is 1. The molecule has 1 aromatic heterocycles. The van der Waals surface area contributed by atoms with Crippen LogP contribution in [0.25, 0.3) is 0 Å². The van der Waals surface area contributed by atoms with Crippen molar-refractivity contribution in [3.8, 4) is 5.75 Å². The van der Waals surface area contributed by atoms with E-state index < -0.39 is 6.10 Å². The smallest absolute Gasteiger partial charge is 0.125 e. The van der Waals surface area contributed by atoms with E-state index in [4.69, 9.17) is 4.74 Å². The average Bonchev–Trinajstić information content (AvgIpc) is 3.06. The quantitative estimate of drug-likeness (QED) is 0.894. The van der Waals surface area contributed by atoms with Gasteiger partial charge >= 0.3 is 0 Å². The number of aromatic nitrogens is 2. The van der Waals surface area contributed by atoms with Gasteiger partial charge < -0.3 is 9.84 Å². The van der Waals surface area contributed by atoms with E-state index in [1.807, 2.05) is 6.07 Å². The Labute approximate surface area is 136 Å². The van der Waals surface area contributed by atoms with Crippen molar-refractivity contribution in [3.05, 3.63) is 38.3 Å². The Morgan fingerprint density at radius 2 is 2.24 bits per heavy atom. The molecule has 1 aromatic carbocycles. The van der Waals surface area contributed by atoms with Gasteiger partial charge in [-0.05, 0) is 40.7 Å². The minimum absolute atomic E-state index is 0.262. The van der Waals surface area contributed by atoms with Crippen LogP contribution in [0.5, 0.6) is 5.75 Å². The molecule has 0 bridgehead atoms. The van der Waals surface area contributed by atoms with Gasteiger partial charge in [0.1, 0.15) is 5.75 Å². The van der Waals surface area contributed by atoms with Gasteiger partial charge in [0.25, 0.3) is 0 Å². The van der Waals surface area contributed by atoms with Crippen molar-refractivity contribution in [2.45, 2.75) is 38.7 Å². The largest absolute Gasteiger partial charge is 0.493 e. The lowest BCUT2D eigenvalue weighted by Crippen LogP contribution is -2.05. The molecule has 0 radical (unpaired) electrons. The molecule has 2 aromatic rings. The Kier molecular flexibility index (Phi) is 4.28. The van der Waals surface area contributed by atoms with E-state index in [0.29, 0.717) is 13.0 Å². The average molecular weight is 369 g/mol. The third-order valence-electron chi connectivity index (χ3n) is 3.63. The summed E-state index contributed by atoms with van der Waals surface area (Å²) < 4.78 is 10.7. The van der Waals surface area contributed by atoms with E-state index in [2.05, 4.69) is 45.4 Å². The Bertz CT molecular complexity index is 657. The number of ether oxygens (including phenoxy) is 1. The van der Waals surface area contributed by atoms with Crippen molar-refractivity contribution in [2.75, 3.05) is 6.61 Å². The Hall–Kier alpha value is -0.980. The van der Waals surface area contributed by atoms with Gasteiger partial charge in [-0.1, -0.05) is 34.3 Å². The second-order valence-corrected chi connectivity index (χ2v) is 7.25. The van der Waals surface area contributed by atoms with Crippen molar-refractivity contribution in [1.82, 2.24) is 9.59 Å². The summed E-state index contributed by atoms with van der Waals surface area (Å²) in [5.41, 5.74) is 3.13. The van der Waals surface area contributed by atoms with Gasteiger partial charge in [-0.2, -0.15) is 0 Å². The number of benzene rings is 1. The molecule has 0 saturated carbocycles. The van der Waals surface area contributed by atoms with E-state index in [-0.39, 0.29) is 5.92 Å². The first-order chi connectivity index (χ1) is 10.1. The molecular weight excluding hydrogens is 352 g/mol. The molecule has 6 heteroatoms. The highest BCUT2D eigenvalue weighted by atomic mass is 79.9. The molecule has 1 atom stereocenters. The zero-order valence-corrected chi connectivity index (χ0v) is 14.4. The lowest BCUT2D eigenvalue weighted by Gasteiger charge is -2.14. The van der Waals surface area contributed by atoms with Gasteiger partial charge in [-0.25, -0.2) is 0 Å². The molecule has 21 heavy (non-hydrogen) atoms. The third kappa shape index (κ3) is 2.98. The summed E-state index contributed by atoms with van der Waals surface area (Å²) in [6, 6.07) is 4.11. The number of hydrogen-bond donors (Lipinski definition) is 1. The van der Waals surface area contributed by atoms with Crippen molar-refractivity contribution in [2.24, 2.45) is 0 Å². The SMILES string of the molecule is CC(C)c1nnsc1C(O)Cc1cc(Br)cc2c1OCC2. The lowest BCUT2D eigenvalue weighted by molar-refractivity contribution is 0.179. The fourth-order valence-corrected chi connectivity index (χ4v) is 3.98. The van der Waals surface area contributed by atoms with Crippen molar-refractivity contribution in [3.63, 3.8) is 0 Å². The predicted octanol–water partition coefficient (Wildman–Crippen LogP) is 3.64. The molecule has 0 aliphatic carbocycles. The summed E-state index contributed by atoms with van der Waals surface area (Å²) in [6.45, 7) is 4.84. The maximum absolute atomic E-state index is 10.6. The van der Waals surface area contributed by atoms with Crippen LogP contribution < -0.4 is 4.74 Å². The molecule has 1 aliphatic heterocycles. The number of rotatable bonds is 4. The molecule has 0 saturated heterocycles. The van der Waals surface area contributed by atoms with E-state index in [1.54, 1.807) is 0 Å². The fourth-order valence-electron chi connectivity index (χ4n) is 2.63. The molecule has 1 aliphatic rings. The van der Waals surface area contributed by atoms with E-state index in [1.165, 1.54) is 17.1 Å². The van der Waals surface area contributed by atoms with Gasteiger partial charge in [-0.15, -0.1) is 5.10 Å². The normalized spacial score (nSPS) is 15.1. The summed E-state index contributed by atoms with van der Waals surface area (Å²) in [4.78, 5) is 0.858. The van der Waals surface area contributed by atoms with Crippen LogP contribution in [0.2, 0.25) is 0 Å². The van der Waals surface area contributed by atoms with Gasteiger partial charge in [0.15, 0.2) is 0 Å². The summed E-state index contributed by atoms with van der Waals surface area (Å²) in [5.74, 6) is 1.19. The van der Waals surface area contributed by atoms with E-state index >= 15 is 0 Å². The van der Waals surface area contributed by atoms with E-state index in [9.17, 15) is 5.11 Å². The Morgan fingerprint density at radius 1 is 1.43 bits per heavy atom. The van der Waals surface area contributed by atoms with E-state index in [0.717, 1.165) is 32.8 Å². The van der Waals surface area contributed by atoms with Gasteiger partial charge in [0, 0.05) is 17.3 Å². The molecule has 3 rings (SSSR count). The summed E-state index contributed by atoms with van der Waals surface area (Å²) in [6.07, 6.45) is 0.854. The second kappa shape index (κ2) is 6.02. The van der Waals surface area contributed by atoms with Crippen LogP contribution in [0.15, 0.2) is 16.6 Å². The molecule has 1 unspecified atom stereocenters. The van der Waals surface area contributed by atoms with Crippen molar-refractivity contribution >= 4 is 27.5 Å². The summed E-state index contributed by atoms with van der Waals surface area (Å²) in [5, 5.41) is 14.7. The molecule has 0 spiro atoms. The molecule has 112 valence electrons. The highest BCUT2D eigenvalue weighted by Crippen LogP contribution is 2.36. The number of halogens is 1. The van der Waals surface area contributed by atoms with Crippen LogP contribution >= 0.6 is 27.5 Å². The third-order valence-corrected chi connectivity index (χ3v) is 4.93. The second-order valence-electron chi connectivity index (χ2n) is 5.55. The summed E-state index contributed by atoms with van der Waals surface area (Å²) >= 11 is 4.81. The van der Waals surface area contributed by atoms with Crippen molar-refractivity contribution in [1.29, 1.82) is 0 Å². The first-order valence-corrected chi connectivity index (χ1v) is 8.57.